The Balaban J connectivity index is 1.49. The van der Waals surface area contributed by atoms with Crippen LogP contribution in [0.3, 0.4) is 0 Å². The second-order valence-corrected chi connectivity index (χ2v) is 9.02. The molecule has 6 heterocycles. The lowest BCUT2D eigenvalue weighted by atomic mass is 9.71. The summed E-state index contributed by atoms with van der Waals surface area (Å²) >= 11 is 0. The number of carbonyl (C=O) groups is 1. The van der Waals surface area contributed by atoms with Gasteiger partial charge in [0.1, 0.15) is 5.76 Å². The Hall–Kier alpha value is -1.79. The minimum absolute atomic E-state index is 0.0286. The lowest BCUT2D eigenvalue weighted by molar-refractivity contribution is -0.255. The monoisotopic (exact) mass is 385 g/mol. The van der Waals surface area contributed by atoms with Gasteiger partial charge in [0.2, 0.25) is 11.5 Å². The first kappa shape index (κ1) is 17.1. The molecule has 6 heteroatoms. The average molecular weight is 385 g/mol. The van der Waals surface area contributed by atoms with Gasteiger partial charge in [0, 0.05) is 18.5 Å². The highest BCUT2D eigenvalue weighted by atomic mass is 16.7. The number of carbonyl (C=O) groups excluding carboxylic acids is 1. The van der Waals surface area contributed by atoms with E-state index in [9.17, 15) is 4.79 Å². The van der Waals surface area contributed by atoms with Gasteiger partial charge in [-0.05, 0) is 26.2 Å². The Bertz CT molecular complexity index is 874. The minimum atomic E-state index is -0.609. The quantitative estimate of drug-likeness (QED) is 0.550. The second kappa shape index (κ2) is 5.22. The predicted molar refractivity (Wildman–Crippen MR) is 99.6 cm³/mol. The van der Waals surface area contributed by atoms with Crippen molar-refractivity contribution in [3.8, 4) is 0 Å². The van der Waals surface area contributed by atoms with Crippen LogP contribution in [0, 0.1) is 17.8 Å². The zero-order valence-corrected chi connectivity index (χ0v) is 16.9. The standard InChI is InChI=1S/C22H27NO5/c1-5-6-8-21-14-7-9-23(21)13-10-15(21)27-22(14)16(13)11(2)18(28-22)19-17(25-4)12(3)20(24)26-19/h6,8,11,13-16H,5,7,9-10H2,1-4H3/b8-6+,19-18+/t11-,13-,14-,15-,16+,21-,22+/m0/s1. The molecule has 0 aliphatic carbocycles. The summed E-state index contributed by atoms with van der Waals surface area (Å²) in [7, 11) is 1.57. The maximum absolute atomic E-state index is 12.2. The predicted octanol–water partition coefficient (Wildman–Crippen LogP) is 2.87. The van der Waals surface area contributed by atoms with Crippen molar-refractivity contribution in [1.82, 2.24) is 4.90 Å². The number of hydrogen-bond donors (Lipinski definition) is 0. The Morgan fingerprint density at radius 2 is 2.21 bits per heavy atom. The van der Waals surface area contributed by atoms with Crippen molar-refractivity contribution in [2.24, 2.45) is 17.8 Å². The zero-order valence-electron chi connectivity index (χ0n) is 16.9. The SMILES string of the molecule is CC/C=C/[C@@]12[C@@H]3C[C@H]4[C@H]5[C@H](C)/C(=C6\OC(=O)C(C)=C6OC)O[C@]5(O3)[C@H]1CCN42. The van der Waals surface area contributed by atoms with Gasteiger partial charge in [-0.25, -0.2) is 4.79 Å². The van der Waals surface area contributed by atoms with Crippen LogP contribution >= 0.6 is 0 Å². The lowest BCUT2D eigenvalue weighted by Crippen LogP contribution is -2.60. The molecule has 0 radical (unpaired) electrons. The van der Waals surface area contributed by atoms with Gasteiger partial charge in [-0.15, -0.1) is 0 Å². The van der Waals surface area contributed by atoms with Gasteiger partial charge in [0.05, 0.1) is 36.2 Å². The first-order valence-corrected chi connectivity index (χ1v) is 10.5. The summed E-state index contributed by atoms with van der Waals surface area (Å²) in [4.78, 5) is 14.9. The lowest BCUT2D eigenvalue weighted by Gasteiger charge is -2.47. The Morgan fingerprint density at radius 3 is 2.96 bits per heavy atom. The highest BCUT2D eigenvalue weighted by Gasteiger charge is 2.83. The Labute approximate surface area is 165 Å². The summed E-state index contributed by atoms with van der Waals surface area (Å²) in [6, 6.07) is 0.445. The fourth-order valence-electron chi connectivity index (χ4n) is 7.22. The van der Waals surface area contributed by atoms with E-state index in [4.69, 9.17) is 18.9 Å². The van der Waals surface area contributed by atoms with E-state index in [1.807, 2.05) is 0 Å². The van der Waals surface area contributed by atoms with E-state index in [0.717, 1.165) is 31.6 Å². The van der Waals surface area contributed by atoms with Crippen molar-refractivity contribution in [2.75, 3.05) is 13.7 Å². The van der Waals surface area contributed by atoms with E-state index in [0.29, 0.717) is 29.1 Å². The molecule has 1 spiro atoms. The normalized spacial score (nSPS) is 52.8. The van der Waals surface area contributed by atoms with Crippen molar-refractivity contribution in [3.05, 3.63) is 35.0 Å². The van der Waals surface area contributed by atoms with Crippen LogP contribution in [-0.4, -0.2) is 48.0 Å². The maximum atomic E-state index is 12.2. The smallest absolute Gasteiger partial charge is 0.343 e. The molecular formula is C22H27NO5. The van der Waals surface area contributed by atoms with Gasteiger partial charge < -0.3 is 18.9 Å². The Kier molecular flexibility index (Phi) is 3.19. The topological polar surface area (TPSA) is 57.2 Å². The van der Waals surface area contributed by atoms with Crippen LogP contribution in [0.1, 0.15) is 40.0 Å². The largest absolute Gasteiger partial charge is 0.492 e. The summed E-state index contributed by atoms with van der Waals surface area (Å²) in [5.74, 6) is 1.38. The molecule has 0 aromatic heterocycles. The van der Waals surface area contributed by atoms with Crippen LogP contribution < -0.4 is 0 Å². The van der Waals surface area contributed by atoms with Crippen LogP contribution in [0.5, 0.6) is 0 Å². The molecule has 28 heavy (non-hydrogen) atoms. The third-order valence-corrected chi connectivity index (χ3v) is 8.10. The number of hydrogen-bond acceptors (Lipinski definition) is 6. The summed E-state index contributed by atoms with van der Waals surface area (Å²) in [6.07, 6.45) is 8.04. The molecule has 150 valence electrons. The fourth-order valence-corrected chi connectivity index (χ4v) is 7.22. The van der Waals surface area contributed by atoms with Gasteiger partial charge in [-0.2, -0.15) is 0 Å². The fraction of sp³-hybridized carbons (Fsp3) is 0.682. The first-order chi connectivity index (χ1) is 13.5. The number of cyclic esters (lactones) is 1. The summed E-state index contributed by atoms with van der Waals surface area (Å²) in [5.41, 5.74) is 0.467. The maximum Gasteiger partial charge on any atom is 0.343 e. The van der Waals surface area contributed by atoms with Gasteiger partial charge >= 0.3 is 5.97 Å². The number of piperidine rings is 1. The molecular weight excluding hydrogens is 358 g/mol. The third-order valence-electron chi connectivity index (χ3n) is 8.10. The number of ether oxygens (including phenoxy) is 4. The molecule has 6 rings (SSSR count). The van der Waals surface area contributed by atoms with Crippen molar-refractivity contribution < 1.29 is 23.7 Å². The molecule has 6 aliphatic rings. The zero-order chi connectivity index (χ0) is 19.4. The Morgan fingerprint density at radius 1 is 1.39 bits per heavy atom. The summed E-state index contributed by atoms with van der Waals surface area (Å²) in [6.45, 7) is 7.21. The molecule has 5 fully saturated rings. The van der Waals surface area contributed by atoms with Crippen molar-refractivity contribution >= 4 is 5.97 Å². The molecule has 6 nitrogen and oxygen atoms in total. The van der Waals surface area contributed by atoms with E-state index in [-0.39, 0.29) is 29.4 Å². The molecule has 8 atom stereocenters. The van der Waals surface area contributed by atoms with Gasteiger partial charge in [-0.3, -0.25) is 4.90 Å². The molecule has 5 saturated heterocycles. The molecule has 0 amide bonds. The summed E-state index contributed by atoms with van der Waals surface area (Å²) < 4.78 is 24.5. The van der Waals surface area contributed by atoms with E-state index in [1.54, 1.807) is 14.0 Å². The number of methoxy groups -OCH3 is 1. The highest BCUT2D eigenvalue weighted by molar-refractivity contribution is 5.93. The minimum Gasteiger partial charge on any atom is -0.492 e. The number of esters is 1. The third kappa shape index (κ3) is 1.60. The molecule has 5 bridgehead atoms. The van der Waals surface area contributed by atoms with Crippen molar-refractivity contribution in [3.63, 3.8) is 0 Å². The first-order valence-electron chi connectivity index (χ1n) is 10.5. The summed E-state index contributed by atoms with van der Waals surface area (Å²) in [5, 5.41) is 0. The van der Waals surface area contributed by atoms with Crippen LogP contribution in [0.15, 0.2) is 35.0 Å². The van der Waals surface area contributed by atoms with Crippen LogP contribution in [-0.2, 0) is 23.7 Å². The van der Waals surface area contributed by atoms with E-state index >= 15 is 0 Å². The highest BCUT2D eigenvalue weighted by Crippen LogP contribution is 2.72. The molecule has 1 unspecified atom stereocenters. The molecule has 6 aliphatic heterocycles. The molecule has 0 aromatic carbocycles. The average Bonchev–Trinajstić information content (AvgIpc) is 3.38. The van der Waals surface area contributed by atoms with Crippen LogP contribution in [0.4, 0.5) is 0 Å². The van der Waals surface area contributed by atoms with E-state index in [1.165, 1.54) is 0 Å². The van der Waals surface area contributed by atoms with Crippen LogP contribution in [0.2, 0.25) is 0 Å². The molecule has 0 saturated carbocycles. The number of fused-ring (bicyclic) bond motifs is 1. The second-order valence-electron chi connectivity index (χ2n) is 9.02. The van der Waals surface area contributed by atoms with Gasteiger partial charge in [-0.1, -0.05) is 26.0 Å². The number of allylic oxidation sites excluding steroid dienone is 2. The van der Waals surface area contributed by atoms with E-state index in [2.05, 4.69) is 30.9 Å². The van der Waals surface area contributed by atoms with Crippen LogP contribution in [0.25, 0.3) is 0 Å². The van der Waals surface area contributed by atoms with Crippen molar-refractivity contribution in [1.29, 1.82) is 0 Å². The molecule has 0 N–H and O–H groups in total. The molecule has 0 aromatic rings. The number of rotatable bonds is 3. The van der Waals surface area contributed by atoms with E-state index < -0.39 is 5.79 Å². The van der Waals surface area contributed by atoms with Gasteiger partial charge in [0.15, 0.2) is 5.76 Å². The van der Waals surface area contributed by atoms with Gasteiger partial charge in [0.25, 0.3) is 0 Å². The number of nitrogens with zero attached hydrogens (tertiary/aromatic N) is 1. The van der Waals surface area contributed by atoms with Crippen molar-refractivity contribution in [2.45, 2.75) is 63.5 Å².